The molecule has 0 atom stereocenters. The Hall–Kier alpha value is -1.36. The second-order valence-electron chi connectivity index (χ2n) is 3.72. The van der Waals surface area contributed by atoms with Crippen LogP contribution < -0.4 is 5.76 Å². The van der Waals surface area contributed by atoms with E-state index in [1.165, 1.54) is 4.57 Å². The predicted molar refractivity (Wildman–Crippen MR) is 64.3 cm³/mol. The molecule has 5 heteroatoms. The molecule has 2 rings (SSSR count). The Labute approximate surface area is 101 Å². The average molecular weight is 283 g/mol. The van der Waals surface area contributed by atoms with Crippen LogP contribution in [0.3, 0.4) is 0 Å². The van der Waals surface area contributed by atoms with Crippen molar-refractivity contribution in [3.63, 3.8) is 0 Å². The van der Waals surface area contributed by atoms with Crippen LogP contribution in [0, 0.1) is 0 Å². The van der Waals surface area contributed by atoms with E-state index in [-0.39, 0.29) is 6.04 Å². The number of aromatic nitrogens is 2. The van der Waals surface area contributed by atoms with E-state index in [2.05, 4.69) is 21.1 Å². The van der Waals surface area contributed by atoms with Gasteiger partial charge < -0.3 is 0 Å². The van der Waals surface area contributed by atoms with Crippen LogP contribution in [0.2, 0.25) is 0 Å². The van der Waals surface area contributed by atoms with Crippen LogP contribution in [-0.2, 0) is 0 Å². The van der Waals surface area contributed by atoms with Gasteiger partial charge in [-0.2, -0.15) is 0 Å². The number of hydrogen-bond acceptors (Lipinski definition) is 3. The van der Waals surface area contributed by atoms with Gasteiger partial charge in [0.25, 0.3) is 0 Å². The van der Waals surface area contributed by atoms with E-state index in [1.807, 2.05) is 38.1 Å². The summed E-state index contributed by atoms with van der Waals surface area (Å²) in [5, 5.41) is 3.81. The molecule has 0 spiro atoms. The third kappa shape index (κ3) is 1.82. The summed E-state index contributed by atoms with van der Waals surface area (Å²) < 4.78 is 7.12. The highest BCUT2D eigenvalue weighted by molar-refractivity contribution is 9.10. The largest absolute Gasteiger partial charge is 0.442 e. The summed E-state index contributed by atoms with van der Waals surface area (Å²) >= 11 is 3.43. The van der Waals surface area contributed by atoms with E-state index < -0.39 is 5.76 Å². The standard InChI is InChI=1S/C11H11BrN2O2/c1-7(2)14-10(13-16-11(14)15)8-5-3-4-6-9(8)12/h3-7H,1-2H3. The second-order valence-corrected chi connectivity index (χ2v) is 4.57. The summed E-state index contributed by atoms with van der Waals surface area (Å²) in [5.74, 6) is 0.119. The molecule has 0 N–H and O–H groups in total. The predicted octanol–water partition coefficient (Wildman–Crippen LogP) is 2.85. The smallest absolute Gasteiger partial charge is 0.295 e. The van der Waals surface area contributed by atoms with Gasteiger partial charge in [-0.25, -0.2) is 4.79 Å². The van der Waals surface area contributed by atoms with Crippen molar-refractivity contribution in [2.75, 3.05) is 0 Å². The summed E-state index contributed by atoms with van der Waals surface area (Å²) in [6, 6.07) is 7.61. The third-order valence-corrected chi connectivity index (χ3v) is 2.96. The minimum Gasteiger partial charge on any atom is -0.295 e. The maximum absolute atomic E-state index is 11.5. The van der Waals surface area contributed by atoms with Crippen LogP contribution in [0.4, 0.5) is 0 Å². The van der Waals surface area contributed by atoms with Crippen molar-refractivity contribution >= 4 is 15.9 Å². The summed E-state index contributed by atoms with van der Waals surface area (Å²) in [6.45, 7) is 3.83. The highest BCUT2D eigenvalue weighted by Gasteiger charge is 2.16. The lowest BCUT2D eigenvalue weighted by atomic mass is 10.2. The molecule has 0 fully saturated rings. The first-order valence-electron chi connectivity index (χ1n) is 4.94. The Bertz CT molecular complexity index is 557. The number of halogens is 1. The molecule has 0 aliphatic heterocycles. The molecule has 16 heavy (non-hydrogen) atoms. The Kier molecular flexibility index (Phi) is 2.96. The molecule has 0 unspecified atom stereocenters. The van der Waals surface area contributed by atoms with Crippen molar-refractivity contribution in [2.24, 2.45) is 0 Å². The average Bonchev–Trinajstić information content (AvgIpc) is 2.61. The third-order valence-electron chi connectivity index (χ3n) is 2.27. The van der Waals surface area contributed by atoms with Gasteiger partial charge in [0.15, 0.2) is 5.82 Å². The summed E-state index contributed by atoms with van der Waals surface area (Å²) in [7, 11) is 0. The van der Waals surface area contributed by atoms with Crippen LogP contribution in [0.5, 0.6) is 0 Å². The number of hydrogen-bond donors (Lipinski definition) is 0. The summed E-state index contributed by atoms with van der Waals surface area (Å²) in [4.78, 5) is 11.5. The molecule has 4 nitrogen and oxygen atoms in total. The zero-order valence-electron chi connectivity index (χ0n) is 8.98. The first-order valence-corrected chi connectivity index (χ1v) is 5.73. The van der Waals surface area contributed by atoms with Gasteiger partial charge in [-0.15, -0.1) is 0 Å². The number of benzene rings is 1. The van der Waals surface area contributed by atoms with Crippen molar-refractivity contribution in [1.82, 2.24) is 9.72 Å². The van der Waals surface area contributed by atoms with Crippen LogP contribution in [0.1, 0.15) is 19.9 Å². The molecule has 84 valence electrons. The fourth-order valence-electron chi connectivity index (χ4n) is 1.53. The molecule has 1 heterocycles. The van der Waals surface area contributed by atoms with Gasteiger partial charge in [-0.1, -0.05) is 33.2 Å². The Balaban J connectivity index is 2.66. The molecular formula is C11H11BrN2O2. The van der Waals surface area contributed by atoms with Gasteiger partial charge in [0, 0.05) is 16.1 Å². The second kappa shape index (κ2) is 4.25. The topological polar surface area (TPSA) is 48.0 Å². The number of nitrogens with zero attached hydrogens (tertiary/aromatic N) is 2. The minimum absolute atomic E-state index is 0.0147. The monoisotopic (exact) mass is 282 g/mol. The normalized spacial score (nSPS) is 11.0. The quantitative estimate of drug-likeness (QED) is 0.851. The molecule has 0 bridgehead atoms. The highest BCUT2D eigenvalue weighted by atomic mass is 79.9. The summed E-state index contributed by atoms with van der Waals surface area (Å²) in [5.41, 5.74) is 0.849. The maximum Gasteiger partial charge on any atom is 0.442 e. The minimum atomic E-state index is -0.430. The lowest BCUT2D eigenvalue weighted by Gasteiger charge is -2.08. The zero-order valence-corrected chi connectivity index (χ0v) is 10.6. The highest BCUT2D eigenvalue weighted by Crippen LogP contribution is 2.26. The van der Waals surface area contributed by atoms with Crippen molar-refractivity contribution in [3.8, 4) is 11.4 Å². The van der Waals surface area contributed by atoms with Crippen LogP contribution in [0.15, 0.2) is 38.1 Å². The van der Waals surface area contributed by atoms with E-state index >= 15 is 0 Å². The van der Waals surface area contributed by atoms with Crippen molar-refractivity contribution in [2.45, 2.75) is 19.9 Å². The lowest BCUT2D eigenvalue weighted by molar-refractivity contribution is 0.370. The Morgan fingerprint density at radius 1 is 1.38 bits per heavy atom. The first-order chi connectivity index (χ1) is 7.61. The number of rotatable bonds is 2. The van der Waals surface area contributed by atoms with Gasteiger partial charge >= 0.3 is 5.76 Å². The zero-order chi connectivity index (χ0) is 11.7. The van der Waals surface area contributed by atoms with Gasteiger partial charge in [-0.3, -0.25) is 9.09 Å². The SMILES string of the molecule is CC(C)n1c(-c2ccccc2Br)noc1=O. The van der Waals surface area contributed by atoms with E-state index in [0.717, 1.165) is 10.0 Å². The fourth-order valence-corrected chi connectivity index (χ4v) is 2.00. The summed E-state index contributed by atoms with van der Waals surface area (Å²) in [6.07, 6.45) is 0. The van der Waals surface area contributed by atoms with Crippen LogP contribution in [-0.4, -0.2) is 9.72 Å². The van der Waals surface area contributed by atoms with Gasteiger partial charge in [0.05, 0.1) is 0 Å². The van der Waals surface area contributed by atoms with Crippen molar-refractivity contribution in [3.05, 3.63) is 39.3 Å². The molecule has 1 aromatic heterocycles. The van der Waals surface area contributed by atoms with Crippen LogP contribution in [0.25, 0.3) is 11.4 Å². The first kappa shape index (κ1) is 11.1. The van der Waals surface area contributed by atoms with Gasteiger partial charge in [0.1, 0.15) is 0 Å². The molecule has 0 amide bonds. The Morgan fingerprint density at radius 3 is 2.69 bits per heavy atom. The fraction of sp³-hybridized carbons (Fsp3) is 0.273. The van der Waals surface area contributed by atoms with E-state index in [1.54, 1.807) is 0 Å². The van der Waals surface area contributed by atoms with Crippen molar-refractivity contribution in [1.29, 1.82) is 0 Å². The molecule has 0 saturated heterocycles. The van der Waals surface area contributed by atoms with Crippen LogP contribution >= 0.6 is 15.9 Å². The molecule has 1 aromatic carbocycles. The van der Waals surface area contributed by atoms with Gasteiger partial charge in [0.2, 0.25) is 0 Å². The molecule has 0 radical (unpaired) electrons. The lowest BCUT2D eigenvalue weighted by Crippen LogP contribution is -2.17. The molecular weight excluding hydrogens is 272 g/mol. The molecule has 0 saturated carbocycles. The molecule has 0 aliphatic carbocycles. The van der Waals surface area contributed by atoms with E-state index in [0.29, 0.717) is 5.82 Å². The maximum atomic E-state index is 11.5. The van der Waals surface area contributed by atoms with E-state index in [4.69, 9.17) is 4.52 Å². The molecule has 0 aliphatic rings. The Morgan fingerprint density at radius 2 is 2.06 bits per heavy atom. The van der Waals surface area contributed by atoms with E-state index in [9.17, 15) is 4.79 Å². The van der Waals surface area contributed by atoms with Crippen molar-refractivity contribution < 1.29 is 4.52 Å². The molecule has 2 aromatic rings. The van der Waals surface area contributed by atoms with Gasteiger partial charge in [-0.05, 0) is 26.0 Å².